The van der Waals surface area contributed by atoms with Gasteiger partial charge < -0.3 is 44.2 Å². The van der Waals surface area contributed by atoms with Crippen molar-refractivity contribution in [3.05, 3.63) is 105 Å². The molecule has 0 radical (unpaired) electrons. The van der Waals surface area contributed by atoms with Crippen LogP contribution in [0.15, 0.2) is 93.9 Å². The quantitative estimate of drug-likeness (QED) is 0.0582. The smallest absolute Gasteiger partial charge is 0.417 e. The van der Waals surface area contributed by atoms with Crippen LogP contribution in [0.3, 0.4) is 0 Å². The number of anilines is 2. The third-order valence-electron chi connectivity index (χ3n) is 8.71. The zero-order valence-corrected chi connectivity index (χ0v) is 43.0. The van der Waals surface area contributed by atoms with Gasteiger partial charge in [0, 0.05) is 48.7 Å². The van der Waals surface area contributed by atoms with E-state index in [1.54, 1.807) is 75.9 Å². The molecule has 0 aliphatic carbocycles. The topological polar surface area (TPSA) is 177 Å². The molecule has 0 aliphatic rings. The van der Waals surface area contributed by atoms with Crippen LogP contribution >= 0.6 is 89.9 Å². The summed E-state index contributed by atoms with van der Waals surface area (Å²) < 4.78 is 34.2. The van der Waals surface area contributed by atoms with Crippen molar-refractivity contribution >= 4 is 125 Å². The number of nitrogens with two attached hydrogens (primary N) is 1. The van der Waals surface area contributed by atoms with Crippen LogP contribution in [0.4, 0.5) is 21.0 Å². The summed E-state index contributed by atoms with van der Waals surface area (Å²) in [5, 5.41) is 2.90. The van der Waals surface area contributed by atoms with E-state index in [1.165, 1.54) is 31.1 Å². The van der Waals surface area contributed by atoms with Crippen molar-refractivity contribution in [2.45, 2.75) is 28.9 Å². The first-order valence-electron chi connectivity index (χ1n) is 19.0. The molecule has 0 saturated heterocycles. The van der Waals surface area contributed by atoms with Crippen LogP contribution in [-0.2, 0) is 23.8 Å². The summed E-state index contributed by atoms with van der Waals surface area (Å²) in [6, 6.07) is 23.5. The van der Waals surface area contributed by atoms with Crippen molar-refractivity contribution < 1.29 is 52.3 Å². The second-order valence-electron chi connectivity index (χ2n) is 12.9. The van der Waals surface area contributed by atoms with Crippen molar-refractivity contribution in [2.24, 2.45) is 5.73 Å². The molecular formula is C43H49Br2Cl5N4O11. The molecule has 3 N–H and O–H groups in total. The molecule has 15 nitrogen and oxygen atoms in total. The molecule has 0 heterocycles. The zero-order valence-electron chi connectivity index (χ0n) is 36.1. The Labute approximate surface area is 420 Å². The molecule has 65 heavy (non-hydrogen) atoms. The number of urea groups is 1. The molecule has 22 heteroatoms. The number of nitrogens with one attached hydrogen (secondary N) is 1. The van der Waals surface area contributed by atoms with E-state index < -0.39 is 28.1 Å². The molecule has 2 atom stereocenters. The first-order valence-corrected chi connectivity index (χ1v) is 22.8. The van der Waals surface area contributed by atoms with E-state index >= 15 is 0 Å². The van der Waals surface area contributed by atoms with Gasteiger partial charge in [-0.25, -0.2) is 9.59 Å². The van der Waals surface area contributed by atoms with E-state index in [-0.39, 0.29) is 49.7 Å². The fraction of sp³-hybridized carbons (Fsp3) is 0.349. The minimum atomic E-state index is -2.14. The molecule has 356 valence electrons. The molecule has 4 aromatic rings. The Morgan fingerprint density at radius 1 is 0.646 bits per heavy atom. The summed E-state index contributed by atoms with van der Waals surface area (Å²) in [6.45, 7) is 0.452. The van der Waals surface area contributed by atoms with Gasteiger partial charge in [0.1, 0.15) is 23.0 Å². The van der Waals surface area contributed by atoms with Crippen LogP contribution in [0.25, 0.3) is 0 Å². The van der Waals surface area contributed by atoms with Crippen LogP contribution in [0, 0.1) is 0 Å². The monoisotopic (exact) mass is 1130 g/mol. The summed E-state index contributed by atoms with van der Waals surface area (Å²) in [4.78, 5) is 50.8. The Balaban J connectivity index is 0.000000359. The average molecular weight is 1130 g/mol. The van der Waals surface area contributed by atoms with Crippen LogP contribution in [0.2, 0.25) is 0 Å². The molecule has 0 spiro atoms. The molecule has 3 amide bonds. The standard InChI is InChI=1S/C21H24BrClN2O5.C11H10BrCl4NO3.C11H15NO3/c1-28-16-6-4-5-14(11-16)18(13-20(26)30-3)24-21(27)25(10-9-23)15-7-8-17(22)19(12-15)29-2;1-19-9-6-7(2-3-8(9)12)17(5-4-13)10(18)20-11(14,15)16;1-14-9-5-3-4-8(6-9)10(12)7-11(13)15-2/h4-8,11-12,18H,9-10,13H2,1-3H3,(H,24,27);2-3,6H,4-5H2,1H3;3-6,10H,7,12H2,1-2H3. The molecule has 0 bridgehead atoms. The zero-order chi connectivity index (χ0) is 48.7. The summed E-state index contributed by atoms with van der Waals surface area (Å²) in [7, 11) is 8.85. The molecule has 0 fully saturated rings. The highest BCUT2D eigenvalue weighted by atomic mass is 79.9. The number of alkyl halides is 5. The average Bonchev–Trinajstić information content (AvgIpc) is 3.29. The van der Waals surface area contributed by atoms with Gasteiger partial charge in [-0.1, -0.05) is 24.3 Å². The third-order valence-corrected chi connectivity index (χ3v) is 10.6. The van der Waals surface area contributed by atoms with E-state index in [2.05, 4.69) is 46.7 Å². The number of hydrogen-bond acceptors (Lipinski definition) is 12. The van der Waals surface area contributed by atoms with Gasteiger partial charge in [-0.3, -0.25) is 19.4 Å². The Kier molecular flexibility index (Phi) is 25.9. The molecule has 4 aromatic carbocycles. The Morgan fingerprint density at radius 3 is 1.57 bits per heavy atom. The number of halogens is 7. The number of rotatable bonds is 17. The highest BCUT2D eigenvalue weighted by Crippen LogP contribution is 2.34. The SMILES string of the molecule is COC(=O)CC(N)c1cccc(OC)c1.COC(=O)CC(NC(=O)N(CCCl)c1ccc(Br)c(OC)c1)c1cccc(OC)c1.COc1cc(N(CCCl)C(=O)OC(Cl)(Cl)Cl)ccc1Br. The summed E-state index contributed by atoms with van der Waals surface area (Å²) >= 11 is 34.7. The van der Waals surface area contributed by atoms with Gasteiger partial charge >= 0.3 is 28.0 Å². The largest absolute Gasteiger partial charge is 0.497 e. The van der Waals surface area contributed by atoms with Gasteiger partial charge in [0.25, 0.3) is 0 Å². The van der Waals surface area contributed by atoms with Gasteiger partial charge in [0.05, 0.1) is 76.2 Å². The lowest BCUT2D eigenvalue weighted by molar-refractivity contribution is -0.142. The number of carbonyl (C=O) groups excluding carboxylic acids is 4. The van der Waals surface area contributed by atoms with Crippen molar-refractivity contribution in [3.63, 3.8) is 0 Å². The number of nitrogens with zero attached hydrogens (tertiary/aromatic N) is 2. The second kappa shape index (κ2) is 29.5. The minimum Gasteiger partial charge on any atom is -0.497 e. The van der Waals surface area contributed by atoms with E-state index in [9.17, 15) is 19.2 Å². The van der Waals surface area contributed by atoms with Crippen molar-refractivity contribution in [3.8, 4) is 23.0 Å². The van der Waals surface area contributed by atoms with E-state index in [4.69, 9.17) is 87.4 Å². The fourth-order valence-electron chi connectivity index (χ4n) is 5.47. The maximum atomic E-state index is 13.1. The lowest BCUT2D eigenvalue weighted by atomic mass is 10.0. The van der Waals surface area contributed by atoms with Crippen LogP contribution in [0.5, 0.6) is 23.0 Å². The van der Waals surface area contributed by atoms with Gasteiger partial charge in [-0.05, 0) is 126 Å². The molecular weight excluding hydrogens is 1090 g/mol. The Bertz CT molecular complexity index is 2160. The number of methoxy groups -OCH3 is 6. The molecule has 2 unspecified atom stereocenters. The maximum absolute atomic E-state index is 13.1. The van der Waals surface area contributed by atoms with Gasteiger partial charge in [0.2, 0.25) is 0 Å². The summed E-state index contributed by atoms with van der Waals surface area (Å²) in [5.74, 6) is 2.13. The molecule has 0 aliphatic heterocycles. The van der Waals surface area contributed by atoms with Crippen molar-refractivity contribution in [1.82, 2.24) is 5.32 Å². The molecule has 4 rings (SSSR count). The highest BCUT2D eigenvalue weighted by Gasteiger charge is 2.30. The normalized spacial score (nSPS) is 11.4. The van der Waals surface area contributed by atoms with Gasteiger partial charge in [0.15, 0.2) is 0 Å². The van der Waals surface area contributed by atoms with Crippen LogP contribution < -0.4 is 39.8 Å². The maximum Gasteiger partial charge on any atom is 0.417 e. The van der Waals surface area contributed by atoms with E-state index in [1.807, 2.05) is 30.3 Å². The predicted molar refractivity (Wildman–Crippen MR) is 262 cm³/mol. The fourth-order valence-corrected chi connectivity index (χ4v) is 6.82. The highest BCUT2D eigenvalue weighted by molar-refractivity contribution is 9.11. The number of ether oxygens (including phenoxy) is 7. The molecule has 0 saturated carbocycles. The van der Waals surface area contributed by atoms with Crippen molar-refractivity contribution in [1.29, 1.82) is 0 Å². The van der Waals surface area contributed by atoms with Crippen LogP contribution in [-0.4, -0.2) is 95.5 Å². The number of esters is 2. The van der Waals surface area contributed by atoms with Gasteiger partial charge in [-0.15, -0.1) is 23.2 Å². The van der Waals surface area contributed by atoms with Gasteiger partial charge in [-0.2, -0.15) is 0 Å². The summed E-state index contributed by atoms with van der Waals surface area (Å²) in [6.07, 6.45) is -0.688. The summed E-state index contributed by atoms with van der Waals surface area (Å²) in [5.41, 5.74) is 8.53. The number of benzene rings is 4. The Morgan fingerprint density at radius 2 is 1.11 bits per heavy atom. The minimum absolute atomic E-state index is 0.0339. The third kappa shape index (κ3) is 19.7. The first-order chi connectivity index (χ1) is 30.9. The number of amides is 3. The van der Waals surface area contributed by atoms with Crippen LogP contribution in [0.1, 0.15) is 36.1 Å². The molecule has 0 aromatic heterocycles. The van der Waals surface area contributed by atoms with E-state index in [0.717, 1.165) is 20.3 Å². The van der Waals surface area contributed by atoms with E-state index in [0.29, 0.717) is 34.2 Å². The second-order valence-corrected chi connectivity index (χ2v) is 17.5. The van der Waals surface area contributed by atoms with Crippen molar-refractivity contribution in [2.75, 3.05) is 77.3 Å². The Hall–Kier alpha value is -4.07. The lowest BCUT2D eigenvalue weighted by Crippen LogP contribution is -2.43. The predicted octanol–water partition coefficient (Wildman–Crippen LogP) is 10.8. The lowest BCUT2D eigenvalue weighted by Gasteiger charge is -2.26. The number of carbonyl (C=O) groups is 4. The first kappa shape index (κ1) is 57.1. The number of hydrogen-bond donors (Lipinski definition) is 2.